The van der Waals surface area contributed by atoms with Crippen LogP contribution in [0, 0.1) is 11.3 Å². The van der Waals surface area contributed by atoms with Crippen LogP contribution in [0.25, 0.3) is 22.4 Å². The second-order valence-corrected chi connectivity index (χ2v) is 6.63. The van der Waals surface area contributed by atoms with E-state index in [9.17, 15) is 0 Å². The van der Waals surface area contributed by atoms with E-state index < -0.39 is 0 Å². The molecule has 3 heterocycles. The quantitative estimate of drug-likeness (QED) is 0.537. The third-order valence-corrected chi connectivity index (χ3v) is 4.96. The SMILES string of the molecule is N#Cc1cc2c(nc1Cl)[C@@H](Oc1ccc3[nH]nc(-c4cnco4)c3c1)CC2. The predicted molar refractivity (Wildman–Crippen MR) is 97.2 cm³/mol. The van der Waals surface area contributed by atoms with Gasteiger partial charge in [0.05, 0.1) is 23.0 Å². The van der Waals surface area contributed by atoms with E-state index >= 15 is 0 Å². The van der Waals surface area contributed by atoms with Gasteiger partial charge in [-0.2, -0.15) is 10.4 Å². The van der Waals surface area contributed by atoms with Crippen molar-refractivity contribution in [3.63, 3.8) is 0 Å². The molecule has 0 saturated carbocycles. The molecule has 0 amide bonds. The lowest BCUT2D eigenvalue weighted by molar-refractivity contribution is 0.203. The van der Waals surface area contributed by atoms with Crippen molar-refractivity contribution < 1.29 is 9.15 Å². The van der Waals surface area contributed by atoms with Crippen molar-refractivity contribution in [2.45, 2.75) is 18.9 Å². The van der Waals surface area contributed by atoms with E-state index in [1.807, 2.05) is 18.2 Å². The number of pyridine rings is 1. The van der Waals surface area contributed by atoms with Crippen LogP contribution in [-0.4, -0.2) is 20.2 Å². The van der Waals surface area contributed by atoms with Crippen LogP contribution in [0.3, 0.4) is 0 Å². The van der Waals surface area contributed by atoms with Gasteiger partial charge in [-0.1, -0.05) is 11.6 Å². The number of aromatic amines is 1. The third kappa shape index (κ3) is 2.62. The lowest BCUT2D eigenvalue weighted by Gasteiger charge is -2.14. The maximum atomic E-state index is 9.11. The molecular weight excluding hydrogens is 366 g/mol. The van der Waals surface area contributed by atoms with Crippen molar-refractivity contribution >= 4 is 22.5 Å². The summed E-state index contributed by atoms with van der Waals surface area (Å²) in [5.74, 6) is 1.28. The Morgan fingerprint density at radius 3 is 3.07 bits per heavy atom. The molecule has 1 aromatic carbocycles. The van der Waals surface area contributed by atoms with E-state index in [-0.39, 0.29) is 11.3 Å². The smallest absolute Gasteiger partial charge is 0.181 e. The molecule has 7 nitrogen and oxygen atoms in total. The van der Waals surface area contributed by atoms with E-state index in [0.717, 1.165) is 35.0 Å². The van der Waals surface area contributed by atoms with Gasteiger partial charge in [0, 0.05) is 5.39 Å². The van der Waals surface area contributed by atoms with E-state index in [1.54, 1.807) is 12.3 Å². The zero-order chi connectivity index (χ0) is 18.4. The summed E-state index contributed by atoms with van der Waals surface area (Å²) in [7, 11) is 0. The van der Waals surface area contributed by atoms with E-state index in [4.69, 9.17) is 26.0 Å². The number of hydrogen-bond acceptors (Lipinski definition) is 6. The monoisotopic (exact) mass is 377 g/mol. The normalized spacial score (nSPS) is 15.6. The fourth-order valence-corrected chi connectivity index (χ4v) is 3.58. The standard InChI is InChI=1S/C19H12ClN5O2/c20-19-11(7-21)5-10-1-4-15(17(10)23-19)27-12-2-3-14-13(6-12)18(25-24-14)16-8-22-9-26-16/h2-3,5-6,8-9,15H,1,4H2,(H,24,25)/t15-/m0/s1. The molecule has 1 N–H and O–H groups in total. The minimum atomic E-state index is -0.205. The average Bonchev–Trinajstić information content (AvgIpc) is 3.41. The molecule has 1 aliphatic carbocycles. The first-order chi connectivity index (χ1) is 13.2. The number of ether oxygens (including phenoxy) is 1. The fourth-order valence-electron chi connectivity index (χ4n) is 3.39. The zero-order valence-electron chi connectivity index (χ0n) is 13.9. The Hall–Kier alpha value is -3.37. The highest BCUT2D eigenvalue weighted by atomic mass is 35.5. The summed E-state index contributed by atoms with van der Waals surface area (Å²) in [6.07, 6.45) is 4.37. The van der Waals surface area contributed by atoms with Gasteiger partial charge in [0.2, 0.25) is 0 Å². The Kier molecular flexibility index (Phi) is 3.59. The third-order valence-electron chi connectivity index (χ3n) is 4.67. The number of nitrogens with one attached hydrogen (secondary N) is 1. The minimum absolute atomic E-state index is 0.205. The number of H-pyrrole nitrogens is 1. The summed E-state index contributed by atoms with van der Waals surface area (Å²) < 4.78 is 11.5. The van der Waals surface area contributed by atoms with Crippen molar-refractivity contribution in [2.75, 3.05) is 0 Å². The largest absolute Gasteiger partial charge is 0.484 e. The molecule has 3 aromatic heterocycles. The van der Waals surface area contributed by atoms with Gasteiger partial charge in [-0.05, 0) is 42.7 Å². The molecule has 4 aromatic rings. The first-order valence-corrected chi connectivity index (χ1v) is 8.74. The molecule has 1 aliphatic rings. The molecule has 0 spiro atoms. The molecule has 0 unspecified atom stereocenters. The van der Waals surface area contributed by atoms with Gasteiger partial charge >= 0.3 is 0 Å². The molecule has 1 atom stereocenters. The number of benzene rings is 1. The van der Waals surface area contributed by atoms with Crippen molar-refractivity contribution in [2.24, 2.45) is 0 Å². The summed E-state index contributed by atoms with van der Waals surface area (Å²) in [6.45, 7) is 0. The summed E-state index contributed by atoms with van der Waals surface area (Å²) >= 11 is 6.10. The lowest BCUT2D eigenvalue weighted by Crippen LogP contribution is -2.06. The molecule has 132 valence electrons. The van der Waals surface area contributed by atoms with Gasteiger partial charge in [0.1, 0.15) is 28.8 Å². The van der Waals surface area contributed by atoms with Crippen LogP contribution in [0.2, 0.25) is 5.15 Å². The second kappa shape index (κ2) is 6.11. The fraction of sp³-hybridized carbons (Fsp3) is 0.158. The topological polar surface area (TPSA) is 101 Å². The van der Waals surface area contributed by atoms with Gasteiger partial charge in [0.25, 0.3) is 0 Å². The highest BCUT2D eigenvalue weighted by molar-refractivity contribution is 6.30. The Bertz CT molecular complexity index is 1190. The molecular formula is C19H12ClN5O2. The van der Waals surface area contributed by atoms with Crippen LogP contribution in [-0.2, 0) is 6.42 Å². The number of fused-ring (bicyclic) bond motifs is 2. The van der Waals surface area contributed by atoms with Gasteiger partial charge in [0.15, 0.2) is 12.2 Å². The lowest BCUT2D eigenvalue weighted by atomic mass is 10.1. The van der Waals surface area contributed by atoms with Crippen molar-refractivity contribution in [3.8, 4) is 23.3 Å². The molecule has 0 saturated heterocycles. The molecule has 0 fully saturated rings. The second-order valence-electron chi connectivity index (χ2n) is 6.27. The van der Waals surface area contributed by atoms with E-state index in [1.165, 1.54) is 6.39 Å². The molecule has 0 radical (unpaired) electrons. The number of aryl methyl sites for hydroxylation is 1. The van der Waals surface area contributed by atoms with Crippen molar-refractivity contribution in [3.05, 3.63) is 58.8 Å². The molecule has 8 heteroatoms. The van der Waals surface area contributed by atoms with Gasteiger partial charge in [-0.25, -0.2) is 9.97 Å². The zero-order valence-corrected chi connectivity index (χ0v) is 14.7. The van der Waals surface area contributed by atoms with E-state index in [0.29, 0.717) is 22.8 Å². The summed E-state index contributed by atoms with van der Waals surface area (Å²) in [6, 6.07) is 9.58. The summed E-state index contributed by atoms with van der Waals surface area (Å²) in [5.41, 5.74) is 3.75. The molecule has 0 bridgehead atoms. The number of nitriles is 1. The molecule has 5 rings (SSSR count). The van der Waals surface area contributed by atoms with Crippen LogP contribution in [0.5, 0.6) is 5.75 Å². The minimum Gasteiger partial charge on any atom is -0.484 e. The van der Waals surface area contributed by atoms with Crippen molar-refractivity contribution in [1.82, 2.24) is 20.2 Å². The molecule has 27 heavy (non-hydrogen) atoms. The number of aromatic nitrogens is 4. The number of oxazole rings is 1. The van der Waals surface area contributed by atoms with Crippen LogP contribution >= 0.6 is 11.6 Å². The maximum Gasteiger partial charge on any atom is 0.181 e. The number of rotatable bonds is 3. The summed E-state index contributed by atoms with van der Waals surface area (Å²) in [4.78, 5) is 8.33. The average molecular weight is 378 g/mol. The molecule has 0 aliphatic heterocycles. The summed E-state index contributed by atoms with van der Waals surface area (Å²) in [5, 5.41) is 17.5. The Morgan fingerprint density at radius 2 is 2.26 bits per heavy atom. The van der Waals surface area contributed by atoms with Gasteiger partial charge < -0.3 is 9.15 Å². The predicted octanol–water partition coefficient (Wildman–Crippen LogP) is 4.20. The van der Waals surface area contributed by atoms with Crippen LogP contribution in [0.4, 0.5) is 0 Å². The Balaban J connectivity index is 1.49. The highest BCUT2D eigenvalue weighted by Gasteiger charge is 2.27. The van der Waals surface area contributed by atoms with Crippen LogP contribution in [0.1, 0.15) is 29.3 Å². The van der Waals surface area contributed by atoms with Gasteiger partial charge in [-0.3, -0.25) is 5.10 Å². The van der Waals surface area contributed by atoms with Crippen molar-refractivity contribution in [1.29, 1.82) is 5.26 Å². The number of hydrogen-bond donors (Lipinski definition) is 1. The van der Waals surface area contributed by atoms with Gasteiger partial charge in [-0.15, -0.1) is 0 Å². The Morgan fingerprint density at radius 1 is 1.33 bits per heavy atom. The van der Waals surface area contributed by atoms with Crippen LogP contribution < -0.4 is 4.74 Å². The highest BCUT2D eigenvalue weighted by Crippen LogP contribution is 2.37. The Labute approximate surface area is 158 Å². The van der Waals surface area contributed by atoms with Crippen LogP contribution in [0.15, 0.2) is 41.3 Å². The first-order valence-electron chi connectivity index (χ1n) is 8.36. The number of halogens is 1. The van der Waals surface area contributed by atoms with E-state index in [2.05, 4.69) is 26.2 Å². The maximum absolute atomic E-state index is 9.11. The number of nitrogens with zero attached hydrogens (tertiary/aromatic N) is 4. The first kappa shape index (κ1) is 15.9.